The summed E-state index contributed by atoms with van der Waals surface area (Å²) in [5.74, 6) is 1.55. The van der Waals surface area contributed by atoms with Crippen LogP contribution < -0.4 is 19.5 Å². The summed E-state index contributed by atoms with van der Waals surface area (Å²) >= 11 is 6.09. The third-order valence-corrected chi connectivity index (χ3v) is 3.58. The van der Waals surface area contributed by atoms with Crippen LogP contribution in [0.3, 0.4) is 0 Å². The zero-order chi connectivity index (χ0) is 17.5. The first-order valence-corrected chi connectivity index (χ1v) is 7.49. The molecule has 0 saturated carbocycles. The number of nitrogens with one attached hydrogen (secondary N) is 1. The van der Waals surface area contributed by atoms with E-state index >= 15 is 0 Å². The van der Waals surface area contributed by atoms with Gasteiger partial charge in [0.15, 0.2) is 11.5 Å². The van der Waals surface area contributed by atoms with E-state index in [4.69, 9.17) is 25.8 Å². The Bertz CT molecular complexity index is 759. The zero-order valence-electron chi connectivity index (χ0n) is 13.6. The zero-order valence-corrected chi connectivity index (χ0v) is 14.4. The lowest BCUT2D eigenvalue weighted by molar-refractivity contribution is -0.111. The molecular formula is C18H18ClNO4. The van der Waals surface area contributed by atoms with Crippen molar-refractivity contribution >= 4 is 29.3 Å². The predicted octanol–water partition coefficient (Wildman–Crippen LogP) is 4.02. The number of carbonyl (C=O) groups is 1. The van der Waals surface area contributed by atoms with Crippen LogP contribution in [0.15, 0.2) is 42.5 Å². The van der Waals surface area contributed by atoms with Crippen molar-refractivity contribution in [3.63, 3.8) is 0 Å². The smallest absolute Gasteiger partial charge is 0.248 e. The lowest BCUT2D eigenvalue weighted by Gasteiger charge is -2.08. The SMILES string of the molecule is COc1ccc(NC(=O)C=Cc2ccc(OC)c(OC)c2)c(Cl)c1. The number of carbonyl (C=O) groups excluding carboxylic acids is 1. The molecule has 0 radical (unpaired) electrons. The quantitative estimate of drug-likeness (QED) is 0.802. The van der Waals surface area contributed by atoms with Crippen LogP contribution in [0.5, 0.6) is 17.2 Å². The van der Waals surface area contributed by atoms with Crippen LogP contribution >= 0.6 is 11.6 Å². The molecule has 0 saturated heterocycles. The fraction of sp³-hybridized carbons (Fsp3) is 0.167. The summed E-state index contributed by atoms with van der Waals surface area (Å²) in [5.41, 5.74) is 1.32. The van der Waals surface area contributed by atoms with Gasteiger partial charge in [0, 0.05) is 12.1 Å². The molecule has 0 heterocycles. The third kappa shape index (κ3) is 4.43. The molecule has 0 bridgehead atoms. The molecule has 0 unspecified atom stereocenters. The Hall–Kier alpha value is -2.66. The van der Waals surface area contributed by atoms with Crippen molar-refractivity contribution in [1.82, 2.24) is 0 Å². The van der Waals surface area contributed by atoms with Crippen molar-refractivity contribution in [2.75, 3.05) is 26.6 Å². The molecule has 2 rings (SSSR count). The van der Waals surface area contributed by atoms with Gasteiger partial charge < -0.3 is 19.5 Å². The highest BCUT2D eigenvalue weighted by Crippen LogP contribution is 2.28. The molecule has 2 aromatic carbocycles. The first-order valence-electron chi connectivity index (χ1n) is 7.12. The van der Waals surface area contributed by atoms with E-state index in [-0.39, 0.29) is 5.91 Å². The van der Waals surface area contributed by atoms with E-state index in [1.807, 2.05) is 6.07 Å². The van der Waals surface area contributed by atoms with Crippen molar-refractivity contribution in [1.29, 1.82) is 0 Å². The predicted molar refractivity (Wildman–Crippen MR) is 95.2 cm³/mol. The van der Waals surface area contributed by atoms with Crippen molar-refractivity contribution in [2.45, 2.75) is 0 Å². The normalized spacial score (nSPS) is 10.5. The second-order valence-electron chi connectivity index (χ2n) is 4.78. The van der Waals surface area contributed by atoms with Crippen LogP contribution in [0.2, 0.25) is 5.02 Å². The fourth-order valence-electron chi connectivity index (χ4n) is 2.03. The minimum absolute atomic E-state index is 0.295. The van der Waals surface area contributed by atoms with Crippen LogP contribution in [0, 0.1) is 0 Å². The van der Waals surface area contributed by atoms with Gasteiger partial charge in [0.2, 0.25) is 5.91 Å². The molecule has 0 spiro atoms. The topological polar surface area (TPSA) is 56.8 Å². The largest absolute Gasteiger partial charge is 0.497 e. The lowest BCUT2D eigenvalue weighted by atomic mass is 10.2. The Morgan fingerprint density at radius 3 is 2.38 bits per heavy atom. The maximum absolute atomic E-state index is 12.0. The highest BCUT2D eigenvalue weighted by molar-refractivity contribution is 6.34. The molecule has 0 aliphatic rings. The van der Waals surface area contributed by atoms with Gasteiger partial charge >= 0.3 is 0 Å². The highest BCUT2D eigenvalue weighted by Gasteiger charge is 2.06. The van der Waals surface area contributed by atoms with Crippen LogP contribution in [-0.2, 0) is 4.79 Å². The minimum Gasteiger partial charge on any atom is -0.497 e. The Morgan fingerprint density at radius 1 is 1.00 bits per heavy atom. The van der Waals surface area contributed by atoms with Gasteiger partial charge in [-0.15, -0.1) is 0 Å². The number of halogens is 1. The average molecular weight is 348 g/mol. The maximum Gasteiger partial charge on any atom is 0.248 e. The summed E-state index contributed by atoms with van der Waals surface area (Å²) in [6, 6.07) is 10.4. The van der Waals surface area contributed by atoms with E-state index < -0.39 is 0 Å². The summed E-state index contributed by atoms with van der Waals surface area (Å²) in [6.45, 7) is 0. The number of rotatable bonds is 6. The molecule has 24 heavy (non-hydrogen) atoms. The van der Waals surface area contributed by atoms with Gasteiger partial charge in [0.05, 0.1) is 32.0 Å². The van der Waals surface area contributed by atoms with Crippen LogP contribution in [0.4, 0.5) is 5.69 Å². The molecule has 2 aromatic rings. The highest BCUT2D eigenvalue weighted by atomic mass is 35.5. The van der Waals surface area contributed by atoms with E-state index in [0.717, 1.165) is 5.56 Å². The van der Waals surface area contributed by atoms with E-state index in [1.165, 1.54) is 6.08 Å². The Morgan fingerprint density at radius 2 is 1.75 bits per heavy atom. The van der Waals surface area contributed by atoms with Gasteiger partial charge in [0.25, 0.3) is 0 Å². The molecule has 0 aliphatic heterocycles. The van der Waals surface area contributed by atoms with Gasteiger partial charge in [-0.2, -0.15) is 0 Å². The number of ether oxygens (including phenoxy) is 3. The summed E-state index contributed by atoms with van der Waals surface area (Å²) in [4.78, 5) is 12.0. The minimum atomic E-state index is -0.295. The molecule has 1 amide bonds. The monoisotopic (exact) mass is 347 g/mol. The number of hydrogen-bond donors (Lipinski definition) is 1. The molecule has 0 atom stereocenters. The van der Waals surface area contributed by atoms with Gasteiger partial charge in [-0.3, -0.25) is 4.79 Å². The first kappa shape index (κ1) is 17.7. The molecule has 0 fully saturated rings. The first-order chi connectivity index (χ1) is 11.6. The van der Waals surface area contributed by atoms with E-state index in [0.29, 0.717) is 28.0 Å². The van der Waals surface area contributed by atoms with E-state index in [2.05, 4.69) is 5.32 Å². The van der Waals surface area contributed by atoms with Gasteiger partial charge in [-0.05, 0) is 35.9 Å². The molecule has 5 nitrogen and oxygen atoms in total. The maximum atomic E-state index is 12.0. The summed E-state index contributed by atoms with van der Waals surface area (Å²) in [5, 5.41) is 3.12. The molecular weight excluding hydrogens is 330 g/mol. The standard InChI is InChI=1S/C18H18ClNO4/c1-22-13-6-7-15(14(19)11-13)20-18(21)9-5-12-4-8-16(23-2)17(10-12)24-3/h4-11H,1-3H3,(H,20,21). The molecule has 6 heteroatoms. The van der Waals surface area contributed by atoms with Crippen molar-refractivity contribution in [2.24, 2.45) is 0 Å². The van der Waals surface area contributed by atoms with Gasteiger partial charge in [-0.25, -0.2) is 0 Å². The Balaban J connectivity index is 2.08. The molecule has 126 valence electrons. The Labute approximate surface area is 145 Å². The number of amides is 1. The summed E-state index contributed by atoms with van der Waals surface area (Å²) in [7, 11) is 4.68. The van der Waals surface area contributed by atoms with Gasteiger partial charge in [0.1, 0.15) is 5.75 Å². The number of anilines is 1. The van der Waals surface area contributed by atoms with Crippen molar-refractivity contribution in [3.05, 3.63) is 53.1 Å². The number of methoxy groups -OCH3 is 3. The van der Waals surface area contributed by atoms with Crippen molar-refractivity contribution in [3.8, 4) is 17.2 Å². The Kier molecular flexibility index (Phi) is 6.09. The average Bonchev–Trinajstić information content (AvgIpc) is 2.61. The second-order valence-corrected chi connectivity index (χ2v) is 5.19. The van der Waals surface area contributed by atoms with Crippen molar-refractivity contribution < 1.29 is 19.0 Å². The second kappa shape index (κ2) is 8.26. The summed E-state index contributed by atoms with van der Waals surface area (Å²) in [6.07, 6.45) is 3.09. The number of hydrogen-bond acceptors (Lipinski definition) is 4. The van der Waals surface area contributed by atoms with E-state index in [1.54, 1.807) is 57.7 Å². The molecule has 0 aromatic heterocycles. The van der Waals surface area contributed by atoms with Gasteiger partial charge in [-0.1, -0.05) is 17.7 Å². The van der Waals surface area contributed by atoms with Crippen LogP contribution in [-0.4, -0.2) is 27.2 Å². The lowest BCUT2D eigenvalue weighted by Crippen LogP contribution is -2.08. The molecule has 1 N–H and O–H groups in total. The van der Waals surface area contributed by atoms with Crippen LogP contribution in [0.25, 0.3) is 6.08 Å². The summed E-state index contributed by atoms with van der Waals surface area (Å²) < 4.78 is 15.5. The van der Waals surface area contributed by atoms with Crippen LogP contribution in [0.1, 0.15) is 5.56 Å². The fourth-order valence-corrected chi connectivity index (χ4v) is 2.24. The third-order valence-electron chi connectivity index (χ3n) is 3.27. The van der Waals surface area contributed by atoms with E-state index in [9.17, 15) is 4.79 Å². The number of benzene rings is 2. The molecule has 0 aliphatic carbocycles.